The van der Waals surface area contributed by atoms with E-state index < -0.39 is 14.9 Å². The summed E-state index contributed by atoms with van der Waals surface area (Å²) in [4.78, 5) is 9.90. The topological polar surface area (TPSA) is 95.1 Å². The van der Waals surface area contributed by atoms with E-state index in [1.54, 1.807) is 6.92 Å². The molecule has 0 aliphatic rings. The second kappa shape index (κ2) is 4.22. The van der Waals surface area contributed by atoms with Gasteiger partial charge < -0.3 is 0 Å². The molecule has 0 unspecified atom stereocenters. The van der Waals surface area contributed by atoms with Crippen molar-refractivity contribution in [2.75, 3.05) is 0 Å². The van der Waals surface area contributed by atoms with Crippen LogP contribution in [0.4, 0.5) is 5.69 Å². The fourth-order valence-corrected chi connectivity index (χ4v) is 2.83. The number of benzene rings is 1. The molecule has 8 heteroatoms. The normalized spacial score (nSPS) is 11.4. The fourth-order valence-electron chi connectivity index (χ4n) is 1.48. The smallest absolute Gasteiger partial charge is 0.258 e. The molecule has 1 aromatic carbocycles. The first-order valence-corrected chi connectivity index (χ1v) is 6.37. The molecule has 7 nitrogen and oxygen atoms in total. The van der Waals surface area contributed by atoms with Crippen LogP contribution >= 0.6 is 0 Å². The molecule has 2 aromatic rings. The van der Waals surface area contributed by atoms with Crippen molar-refractivity contribution in [2.45, 2.75) is 11.8 Å². The maximum absolute atomic E-state index is 12.2. The van der Waals surface area contributed by atoms with Gasteiger partial charge in [-0.2, -0.15) is 17.6 Å². The van der Waals surface area contributed by atoms with Crippen molar-refractivity contribution >= 4 is 15.7 Å². The summed E-state index contributed by atoms with van der Waals surface area (Å²) in [6.07, 6.45) is 2.60. The van der Waals surface area contributed by atoms with Crippen LogP contribution in [0.5, 0.6) is 0 Å². The Morgan fingerprint density at radius 1 is 1.39 bits per heavy atom. The van der Waals surface area contributed by atoms with E-state index in [2.05, 4.69) is 5.10 Å². The molecule has 18 heavy (non-hydrogen) atoms. The molecule has 0 spiro atoms. The third-order valence-electron chi connectivity index (χ3n) is 2.39. The lowest BCUT2D eigenvalue weighted by Crippen LogP contribution is -2.14. The van der Waals surface area contributed by atoms with Crippen LogP contribution in [0.25, 0.3) is 0 Å². The zero-order valence-electron chi connectivity index (χ0n) is 9.35. The SMILES string of the molecule is Cc1ccc([N+](=O)[O-])cc1S(=O)(=O)n1cccn1. The van der Waals surface area contributed by atoms with Crippen LogP contribution in [-0.2, 0) is 10.0 Å². The van der Waals surface area contributed by atoms with Gasteiger partial charge in [-0.3, -0.25) is 10.1 Å². The minimum atomic E-state index is -3.88. The molecular weight excluding hydrogens is 258 g/mol. The van der Waals surface area contributed by atoms with Gasteiger partial charge in [0.05, 0.1) is 16.0 Å². The molecular formula is C10H9N3O4S. The van der Waals surface area contributed by atoms with E-state index in [-0.39, 0.29) is 10.6 Å². The lowest BCUT2D eigenvalue weighted by Gasteiger charge is -2.07. The summed E-state index contributed by atoms with van der Waals surface area (Å²) in [6.45, 7) is 1.57. The second-order valence-corrected chi connectivity index (χ2v) is 5.35. The molecule has 0 atom stereocenters. The summed E-state index contributed by atoms with van der Waals surface area (Å²) in [5.41, 5.74) is 0.155. The van der Waals surface area contributed by atoms with Crippen LogP contribution in [0, 0.1) is 17.0 Å². The van der Waals surface area contributed by atoms with Gasteiger partial charge in [0, 0.05) is 18.3 Å². The molecule has 1 aromatic heterocycles. The Morgan fingerprint density at radius 3 is 2.67 bits per heavy atom. The summed E-state index contributed by atoms with van der Waals surface area (Å²) in [5.74, 6) is 0. The Kier molecular flexibility index (Phi) is 2.87. The third kappa shape index (κ3) is 1.97. The minimum absolute atomic E-state index is 0.125. The predicted octanol–water partition coefficient (Wildman–Crippen LogP) is 1.34. The van der Waals surface area contributed by atoms with Crippen molar-refractivity contribution in [3.05, 3.63) is 52.3 Å². The maximum atomic E-state index is 12.2. The number of nitro groups is 1. The van der Waals surface area contributed by atoms with E-state index in [1.807, 2.05) is 0 Å². The Hall–Kier alpha value is -2.22. The van der Waals surface area contributed by atoms with Crippen LogP contribution in [0.2, 0.25) is 0 Å². The van der Waals surface area contributed by atoms with E-state index >= 15 is 0 Å². The summed E-state index contributed by atoms with van der Waals surface area (Å²) in [7, 11) is -3.88. The monoisotopic (exact) mass is 267 g/mol. The molecule has 0 fully saturated rings. The Balaban J connectivity index is 2.64. The van der Waals surface area contributed by atoms with Crippen LogP contribution in [0.15, 0.2) is 41.6 Å². The molecule has 2 rings (SSSR count). The first kappa shape index (κ1) is 12.2. The van der Waals surface area contributed by atoms with Gasteiger partial charge in [-0.1, -0.05) is 6.07 Å². The van der Waals surface area contributed by atoms with Crippen LogP contribution in [-0.4, -0.2) is 22.5 Å². The molecule has 0 N–H and O–H groups in total. The molecule has 1 heterocycles. The lowest BCUT2D eigenvalue weighted by molar-refractivity contribution is -0.385. The van der Waals surface area contributed by atoms with Crippen molar-refractivity contribution in [3.8, 4) is 0 Å². The molecule has 0 saturated heterocycles. The van der Waals surface area contributed by atoms with E-state index in [9.17, 15) is 18.5 Å². The minimum Gasteiger partial charge on any atom is -0.258 e. The van der Waals surface area contributed by atoms with Crippen molar-refractivity contribution in [1.82, 2.24) is 9.19 Å². The van der Waals surface area contributed by atoms with Crippen molar-refractivity contribution in [3.63, 3.8) is 0 Å². The van der Waals surface area contributed by atoms with Gasteiger partial charge in [0.1, 0.15) is 0 Å². The van der Waals surface area contributed by atoms with Gasteiger partial charge in [0.25, 0.3) is 15.7 Å². The van der Waals surface area contributed by atoms with Crippen molar-refractivity contribution < 1.29 is 13.3 Å². The Morgan fingerprint density at radius 2 is 2.11 bits per heavy atom. The highest BCUT2D eigenvalue weighted by atomic mass is 32.2. The number of nitro benzene ring substituents is 1. The average Bonchev–Trinajstić information content (AvgIpc) is 2.82. The Bertz CT molecular complexity index is 692. The number of nitrogens with zero attached hydrogens (tertiary/aromatic N) is 3. The summed E-state index contributed by atoms with van der Waals surface area (Å²) in [6, 6.07) is 5.16. The molecule has 0 aliphatic carbocycles. The first-order valence-electron chi connectivity index (χ1n) is 4.93. The number of hydrogen-bond donors (Lipinski definition) is 0. The quantitative estimate of drug-likeness (QED) is 0.617. The van der Waals surface area contributed by atoms with Gasteiger partial charge in [-0.05, 0) is 18.6 Å². The van der Waals surface area contributed by atoms with E-state index in [4.69, 9.17) is 0 Å². The van der Waals surface area contributed by atoms with Crippen molar-refractivity contribution in [1.29, 1.82) is 0 Å². The molecule has 0 saturated carbocycles. The van der Waals surface area contributed by atoms with E-state index in [0.717, 1.165) is 10.2 Å². The molecule has 0 bridgehead atoms. The van der Waals surface area contributed by atoms with Gasteiger partial charge in [0.2, 0.25) is 0 Å². The van der Waals surface area contributed by atoms with Crippen LogP contribution in [0.1, 0.15) is 5.56 Å². The zero-order valence-corrected chi connectivity index (χ0v) is 10.2. The van der Waals surface area contributed by atoms with Gasteiger partial charge in [0.15, 0.2) is 0 Å². The standard InChI is InChI=1S/C10H9N3O4S/c1-8-3-4-9(13(14)15)7-10(8)18(16,17)12-6-2-5-11-12/h2-7H,1H3. The lowest BCUT2D eigenvalue weighted by atomic mass is 10.2. The molecule has 94 valence electrons. The van der Waals surface area contributed by atoms with Crippen LogP contribution in [0.3, 0.4) is 0 Å². The molecule has 0 radical (unpaired) electrons. The van der Waals surface area contributed by atoms with Gasteiger partial charge in [-0.25, -0.2) is 0 Å². The molecule has 0 aliphatic heterocycles. The van der Waals surface area contributed by atoms with Crippen LogP contribution < -0.4 is 0 Å². The highest BCUT2D eigenvalue weighted by Crippen LogP contribution is 2.23. The largest absolute Gasteiger partial charge is 0.283 e. The second-order valence-electron chi connectivity index (χ2n) is 3.59. The molecule has 0 amide bonds. The van der Waals surface area contributed by atoms with E-state index in [0.29, 0.717) is 5.56 Å². The maximum Gasteiger partial charge on any atom is 0.283 e. The number of rotatable bonds is 3. The van der Waals surface area contributed by atoms with Crippen molar-refractivity contribution in [2.24, 2.45) is 0 Å². The fraction of sp³-hybridized carbons (Fsp3) is 0.100. The number of non-ortho nitro benzene ring substituents is 1. The van der Waals surface area contributed by atoms with E-state index in [1.165, 1.54) is 30.6 Å². The third-order valence-corrected chi connectivity index (χ3v) is 4.09. The summed E-state index contributed by atoms with van der Waals surface area (Å²) >= 11 is 0. The summed E-state index contributed by atoms with van der Waals surface area (Å²) < 4.78 is 25.1. The van der Waals surface area contributed by atoms with Gasteiger partial charge in [-0.15, -0.1) is 0 Å². The highest BCUT2D eigenvalue weighted by Gasteiger charge is 2.22. The Labute approximate surface area is 103 Å². The number of aryl methyl sites for hydroxylation is 1. The first-order chi connectivity index (χ1) is 8.43. The summed E-state index contributed by atoms with van der Waals surface area (Å²) in [5, 5.41) is 14.3. The highest BCUT2D eigenvalue weighted by molar-refractivity contribution is 7.89. The number of aromatic nitrogens is 2. The predicted molar refractivity (Wildman–Crippen MR) is 62.6 cm³/mol. The zero-order chi connectivity index (χ0) is 13.3. The van der Waals surface area contributed by atoms with Gasteiger partial charge >= 0.3 is 0 Å². The number of hydrogen-bond acceptors (Lipinski definition) is 5. The average molecular weight is 267 g/mol.